The number of hydrogen-bond acceptors (Lipinski definition) is 7. The lowest BCUT2D eigenvalue weighted by atomic mass is 10.2. The molecule has 0 saturated carbocycles. The number of tetrazole rings is 1. The molecule has 0 unspecified atom stereocenters. The molecule has 0 atom stereocenters. The van der Waals surface area contributed by atoms with Gasteiger partial charge in [-0.25, -0.2) is 0 Å². The second kappa shape index (κ2) is 10.7. The topological polar surface area (TPSA) is 115 Å². The molecule has 0 fully saturated rings. The Hall–Kier alpha value is -4.44. The normalized spacial score (nSPS) is 11.2. The van der Waals surface area contributed by atoms with Crippen molar-refractivity contribution in [3.05, 3.63) is 77.7 Å². The number of ether oxygens (including phenoxy) is 1. The van der Waals surface area contributed by atoms with E-state index in [0.717, 1.165) is 0 Å². The molecule has 0 bridgehead atoms. The number of methoxy groups -OCH3 is 1. The third kappa shape index (κ3) is 5.56. The van der Waals surface area contributed by atoms with Gasteiger partial charge in [-0.1, -0.05) is 41.9 Å². The van der Waals surface area contributed by atoms with Crippen LogP contribution in [0.4, 0.5) is 5.69 Å². The number of anilines is 1. The van der Waals surface area contributed by atoms with Crippen LogP contribution >= 0.6 is 11.6 Å². The maximum absolute atomic E-state index is 13.5. The Kier molecular flexibility index (Phi) is 7.22. The minimum absolute atomic E-state index is 0.0967. The van der Waals surface area contributed by atoms with Crippen LogP contribution in [0.5, 0.6) is 5.75 Å². The number of furan rings is 1. The molecule has 0 aliphatic carbocycles. The van der Waals surface area contributed by atoms with E-state index in [2.05, 4.69) is 20.8 Å². The summed E-state index contributed by atoms with van der Waals surface area (Å²) in [5, 5.41) is 15.0. The van der Waals surface area contributed by atoms with Crippen molar-refractivity contribution in [2.24, 2.45) is 0 Å². The maximum Gasteiger partial charge on any atom is 0.273 e. The van der Waals surface area contributed by atoms with Crippen molar-refractivity contribution < 1.29 is 18.7 Å². The lowest BCUT2D eigenvalue weighted by Gasteiger charge is -2.19. The fourth-order valence-electron chi connectivity index (χ4n) is 3.29. The van der Waals surface area contributed by atoms with Crippen molar-refractivity contribution >= 4 is 40.9 Å². The van der Waals surface area contributed by atoms with Gasteiger partial charge in [0.25, 0.3) is 5.91 Å². The summed E-state index contributed by atoms with van der Waals surface area (Å²) in [6.07, 6.45) is 3.00. The SMILES string of the molecule is COc1ccc(Cl)cc1NC(=O)CN(C)C(=O)/C(=C/c1ccco1)n1nnnc1-c1ccccc1. The quantitative estimate of drug-likeness (QED) is 0.373. The van der Waals surface area contributed by atoms with E-state index < -0.39 is 11.8 Å². The van der Waals surface area contributed by atoms with Crippen molar-refractivity contribution in [2.75, 3.05) is 26.0 Å². The minimum atomic E-state index is -0.501. The molecule has 0 aliphatic rings. The van der Waals surface area contributed by atoms with Gasteiger partial charge in [0, 0.05) is 23.7 Å². The average molecular weight is 493 g/mol. The van der Waals surface area contributed by atoms with Gasteiger partial charge in [0.1, 0.15) is 17.2 Å². The van der Waals surface area contributed by atoms with E-state index in [1.165, 1.54) is 36.1 Å². The summed E-state index contributed by atoms with van der Waals surface area (Å²) in [6, 6.07) is 17.4. The first-order valence-corrected chi connectivity index (χ1v) is 10.8. The number of amides is 2. The lowest BCUT2D eigenvalue weighted by Crippen LogP contribution is -2.36. The molecule has 35 heavy (non-hydrogen) atoms. The number of nitrogens with one attached hydrogen (secondary N) is 1. The lowest BCUT2D eigenvalue weighted by molar-refractivity contribution is -0.128. The first kappa shape index (κ1) is 23.7. The van der Waals surface area contributed by atoms with Gasteiger partial charge in [-0.05, 0) is 40.8 Å². The van der Waals surface area contributed by atoms with Crippen LogP contribution in [0.25, 0.3) is 23.2 Å². The van der Waals surface area contributed by atoms with Crippen LogP contribution in [0.1, 0.15) is 5.76 Å². The molecule has 10 nitrogen and oxygen atoms in total. The second-order valence-electron chi connectivity index (χ2n) is 7.38. The summed E-state index contributed by atoms with van der Waals surface area (Å²) in [5.74, 6) is 0.275. The van der Waals surface area contributed by atoms with Crippen molar-refractivity contribution in [1.82, 2.24) is 25.1 Å². The van der Waals surface area contributed by atoms with Crippen LogP contribution in [-0.4, -0.2) is 57.6 Å². The van der Waals surface area contributed by atoms with E-state index in [1.807, 2.05) is 30.3 Å². The van der Waals surface area contributed by atoms with E-state index in [1.54, 1.807) is 30.3 Å². The van der Waals surface area contributed by atoms with Gasteiger partial charge >= 0.3 is 0 Å². The number of likely N-dealkylation sites (N-methyl/N-ethyl adjacent to an activating group) is 1. The molecule has 2 amide bonds. The predicted octanol–water partition coefficient (Wildman–Crippen LogP) is 3.69. The van der Waals surface area contributed by atoms with Crippen molar-refractivity contribution in [3.8, 4) is 17.1 Å². The number of benzene rings is 2. The molecule has 0 aliphatic heterocycles. The van der Waals surface area contributed by atoms with Gasteiger partial charge in [-0.15, -0.1) is 5.10 Å². The van der Waals surface area contributed by atoms with E-state index in [4.69, 9.17) is 20.8 Å². The third-order valence-electron chi connectivity index (χ3n) is 4.93. The summed E-state index contributed by atoms with van der Waals surface area (Å²) >= 11 is 6.04. The van der Waals surface area contributed by atoms with Gasteiger partial charge in [0.05, 0.1) is 25.6 Å². The molecule has 2 aromatic carbocycles. The van der Waals surface area contributed by atoms with E-state index in [-0.39, 0.29) is 12.2 Å². The second-order valence-corrected chi connectivity index (χ2v) is 7.82. The van der Waals surface area contributed by atoms with Crippen LogP contribution in [0.3, 0.4) is 0 Å². The van der Waals surface area contributed by atoms with Crippen LogP contribution in [0.15, 0.2) is 71.3 Å². The van der Waals surface area contributed by atoms with E-state index in [9.17, 15) is 9.59 Å². The number of rotatable bonds is 8. The highest BCUT2D eigenvalue weighted by Gasteiger charge is 2.24. The Bertz CT molecular complexity index is 1350. The van der Waals surface area contributed by atoms with Gasteiger partial charge in [0.2, 0.25) is 5.91 Å². The number of aromatic nitrogens is 4. The fourth-order valence-corrected chi connectivity index (χ4v) is 3.46. The average Bonchev–Trinajstić information content (AvgIpc) is 3.55. The molecule has 0 radical (unpaired) electrons. The predicted molar refractivity (Wildman–Crippen MR) is 130 cm³/mol. The maximum atomic E-state index is 13.5. The third-order valence-corrected chi connectivity index (χ3v) is 5.17. The fraction of sp³-hybridized carbons (Fsp3) is 0.125. The Morgan fingerprint density at radius 2 is 1.97 bits per heavy atom. The largest absolute Gasteiger partial charge is 0.495 e. The molecule has 1 N–H and O–H groups in total. The Morgan fingerprint density at radius 3 is 2.69 bits per heavy atom. The Balaban J connectivity index is 1.60. The molecular formula is C24H21ClN6O4. The van der Waals surface area contributed by atoms with Crippen LogP contribution in [-0.2, 0) is 9.59 Å². The number of carbonyl (C=O) groups excluding carboxylic acids is 2. The summed E-state index contributed by atoms with van der Waals surface area (Å²) in [4.78, 5) is 27.5. The number of nitrogens with zero attached hydrogens (tertiary/aromatic N) is 5. The summed E-state index contributed by atoms with van der Waals surface area (Å²) in [7, 11) is 2.98. The van der Waals surface area contributed by atoms with Crippen LogP contribution < -0.4 is 10.1 Å². The minimum Gasteiger partial charge on any atom is -0.495 e. The number of hydrogen-bond donors (Lipinski definition) is 1. The highest BCUT2D eigenvalue weighted by molar-refractivity contribution is 6.31. The molecule has 0 saturated heterocycles. The van der Waals surface area contributed by atoms with Crippen molar-refractivity contribution in [2.45, 2.75) is 0 Å². The standard InChI is InChI=1S/C24H21ClN6O4/c1-30(15-22(32)26-19-13-17(25)10-11-21(19)34-2)24(33)20(14-18-9-6-12-35-18)31-23(27-28-29-31)16-7-4-3-5-8-16/h3-14H,15H2,1-2H3,(H,26,32)/b20-14-. The summed E-state index contributed by atoms with van der Waals surface area (Å²) in [6.45, 7) is -0.257. The first-order valence-electron chi connectivity index (χ1n) is 10.4. The van der Waals surface area contributed by atoms with Gasteiger partial charge in [-0.3, -0.25) is 9.59 Å². The Labute approximate surface area is 205 Å². The van der Waals surface area contributed by atoms with E-state index in [0.29, 0.717) is 33.6 Å². The molecular weight excluding hydrogens is 472 g/mol. The van der Waals surface area contributed by atoms with Gasteiger partial charge in [0.15, 0.2) is 5.82 Å². The van der Waals surface area contributed by atoms with Crippen LogP contribution in [0, 0.1) is 0 Å². The van der Waals surface area contributed by atoms with Crippen molar-refractivity contribution in [1.29, 1.82) is 0 Å². The molecule has 4 rings (SSSR count). The highest BCUT2D eigenvalue weighted by atomic mass is 35.5. The van der Waals surface area contributed by atoms with Gasteiger partial charge in [-0.2, -0.15) is 4.68 Å². The van der Waals surface area contributed by atoms with Crippen LogP contribution in [0.2, 0.25) is 5.02 Å². The molecule has 178 valence electrons. The molecule has 2 aromatic heterocycles. The van der Waals surface area contributed by atoms with Crippen molar-refractivity contribution in [3.63, 3.8) is 0 Å². The zero-order chi connectivity index (χ0) is 24.8. The molecule has 11 heteroatoms. The summed E-state index contributed by atoms with van der Waals surface area (Å²) < 4.78 is 12.0. The van der Waals surface area contributed by atoms with E-state index >= 15 is 0 Å². The van der Waals surface area contributed by atoms with Gasteiger partial charge < -0.3 is 19.4 Å². The Morgan fingerprint density at radius 1 is 1.17 bits per heavy atom. The molecule has 2 heterocycles. The molecule has 0 spiro atoms. The smallest absolute Gasteiger partial charge is 0.273 e. The first-order chi connectivity index (χ1) is 17.0. The summed E-state index contributed by atoms with van der Waals surface area (Å²) in [5.41, 5.74) is 1.20. The highest BCUT2D eigenvalue weighted by Crippen LogP contribution is 2.28. The molecule has 4 aromatic rings. The number of halogens is 1. The zero-order valence-electron chi connectivity index (χ0n) is 18.9. The zero-order valence-corrected chi connectivity index (χ0v) is 19.6. The monoisotopic (exact) mass is 492 g/mol. The number of carbonyl (C=O) groups is 2.